The Labute approximate surface area is 130 Å². The first-order valence-corrected chi connectivity index (χ1v) is 7.76. The number of nitrogens with two attached hydrogens (primary N) is 2. The van der Waals surface area contributed by atoms with E-state index in [0.717, 1.165) is 0 Å². The van der Waals surface area contributed by atoms with E-state index in [2.05, 4.69) is 4.98 Å². The third kappa shape index (κ3) is 4.61. The highest BCUT2D eigenvalue weighted by molar-refractivity contribution is 8.00. The van der Waals surface area contributed by atoms with Gasteiger partial charge in [-0.15, -0.1) is 11.8 Å². The molecule has 1 aliphatic heterocycles. The Kier molecular flexibility index (Phi) is 6.04. The van der Waals surface area contributed by atoms with Gasteiger partial charge >= 0.3 is 11.8 Å². The number of hydrogen-bond acceptors (Lipinski definition) is 9. The third-order valence-electron chi connectivity index (χ3n) is 2.80. The molecule has 0 aliphatic carbocycles. The molecule has 0 saturated carbocycles. The highest BCUT2D eigenvalue weighted by Gasteiger charge is 2.29. The number of rotatable bonds is 6. The molecule has 2 atom stereocenters. The lowest BCUT2D eigenvalue weighted by atomic mass is 10.5. The van der Waals surface area contributed by atoms with E-state index in [9.17, 15) is 9.59 Å². The molecule has 0 unspecified atom stereocenters. The number of nitrogen functional groups attached to an aromatic ring is 1. The highest BCUT2D eigenvalue weighted by Crippen LogP contribution is 2.31. The zero-order valence-corrected chi connectivity index (χ0v) is 12.7. The molecule has 1 aromatic rings. The second-order valence-corrected chi connectivity index (χ2v) is 5.64. The van der Waals surface area contributed by atoms with Crippen LogP contribution in [0.25, 0.3) is 0 Å². The molecule has 0 spiro atoms. The van der Waals surface area contributed by atoms with Crippen molar-refractivity contribution < 1.29 is 19.0 Å². The van der Waals surface area contributed by atoms with E-state index in [0.29, 0.717) is 18.7 Å². The van der Waals surface area contributed by atoms with Gasteiger partial charge < -0.3 is 25.7 Å². The maximum Gasteiger partial charge on any atom is 0.508 e. The van der Waals surface area contributed by atoms with Crippen LogP contribution in [0.5, 0.6) is 0 Å². The maximum absolute atomic E-state index is 11.7. The lowest BCUT2D eigenvalue weighted by molar-refractivity contribution is -0.0237. The maximum atomic E-state index is 11.7. The van der Waals surface area contributed by atoms with Gasteiger partial charge in [0.05, 0.1) is 6.61 Å². The number of aromatic nitrogens is 2. The van der Waals surface area contributed by atoms with Crippen LogP contribution < -0.4 is 17.2 Å². The minimum atomic E-state index is -0.757. The molecular formula is C12H18N4O5S. The van der Waals surface area contributed by atoms with Gasteiger partial charge in [-0.3, -0.25) is 4.57 Å². The van der Waals surface area contributed by atoms with Crippen LogP contribution in [-0.2, 0) is 14.2 Å². The summed E-state index contributed by atoms with van der Waals surface area (Å²) in [5, 5.41) is 0. The SMILES string of the molecule is NCCCOC(=O)OC[C@@H]1O[C@H](n2ccc(N)nc2=O)CS1. The summed E-state index contributed by atoms with van der Waals surface area (Å²) >= 11 is 1.43. The molecule has 122 valence electrons. The Hall–Kier alpha value is -1.78. The van der Waals surface area contributed by atoms with E-state index >= 15 is 0 Å². The standard InChI is InChI=1S/C12H18N4O5S/c13-3-1-5-19-12(18)20-6-10-21-9(7-22-10)16-4-2-8(14)15-11(16)17/h2,4,9-10H,1,3,5-7,13H2,(H2,14,15,17)/t9-,10+/m0/s1. The predicted molar refractivity (Wildman–Crippen MR) is 80.2 cm³/mol. The van der Waals surface area contributed by atoms with Crippen molar-refractivity contribution in [3.63, 3.8) is 0 Å². The zero-order chi connectivity index (χ0) is 15.9. The summed E-state index contributed by atoms with van der Waals surface area (Å²) in [5.74, 6) is 0.703. The van der Waals surface area contributed by atoms with Crippen molar-refractivity contribution in [3.8, 4) is 0 Å². The van der Waals surface area contributed by atoms with Crippen LogP contribution >= 0.6 is 11.8 Å². The second-order valence-electron chi connectivity index (χ2n) is 4.45. The first-order chi connectivity index (χ1) is 10.6. The van der Waals surface area contributed by atoms with Crippen LogP contribution in [0, 0.1) is 0 Å². The first-order valence-electron chi connectivity index (χ1n) is 6.71. The fourth-order valence-corrected chi connectivity index (χ4v) is 2.73. The van der Waals surface area contributed by atoms with Gasteiger partial charge in [-0.2, -0.15) is 4.98 Å². The van der Waals surface area contributed by atoms with Crippen molar-refractivity contribution in [1.29, 1.82) is 0 Å². The van der Waals surface area contributed by atoms with Gasteiger partial charge in [0.1, 0.15) is 24.1 Å². The quantitative estimate of drug-likeness (QED) is 0.542. The Bertz CT molecular complexity index is 567. The summed E-state index contributed by atoms with van der Waals surface area (Å²) in [4.78, 5) is 26.6. The van der Waals surface area contributed by atoms with Crippen LogP contribution in [0.15, 0.2) is 17.1 Å². The smallest absolute Gasteiger partial charge is 0.434 e. The summed E-state index contributed by atoms with van der Waals surface area (Å²) in [6.45, 7) is 0.712. The van der Waals surface area contributed by atoms with E-state index < -0.39 is 18.1 Å². The summed E-state index contributed by atoms with van der Waals surface area (Å²) in [6.07, 6.45) is 0.888. The van der Waals surface area contributed by atoms with E-state index in [-0.39, 0.29) is 24.5 Å². The van der Waals surface area contributed by atoms with Gasteiger partial charge in [0.25, 0.3) is 0 Å². The Morgan fingerprint density at radius 2 is 2.36 bits per heavy atom. The summed E-state index contributed by atoms with van der Waals surface area (Å²) in [7, 11) is 0. The molecule has 2 rings (SSSR count). The van der Waals surface area contributed by atoms with E-state index in [1.54, 1.807) is 0 Å². The predicted octanol–water partition coefficient (Wildman–Crippen LogP) is -0.0844. The van der Waals surface area contributed by atoms with Crippen LogP contribution in [-0.4, -0.2) is 46.7 Å². The fraction of sp³-hybridized carbons (Fsp3) is 0.583. The molecule has 0 amide bonds. The van der Waals surface area contributed by atoms with Crippen LogP contribution in [0.2, 0.25) is 0 Å². The monoisotopic (exact) mass is 330 g/mol. The number of ether oxygens (including phenoxy) is 3. The lowest BCUT2D eigenvalue weighted by Crippen LogP contribution is -2.29. The van der Waals surface area contributed by atoms with Crippen molar-refractivity contribution in [1.82, 2.24) is 9.55 Å². The molecular weight excluding hydrogens is 312 g/mol. The fourth-order valence-electron chi connectivity index (χ4n) is 1.74. The molecule has 1 fully saturated rings. The summed E-state index contributed by atoms with van der Waals surface area (Å²) in [5.41, 5.74) is 9.88. The molecule has 0 radical (unpaired) electrons. The number of anilines is 1. The third-order valence-corrected chi connectivity index (χ3v) is 3.90. The van der Waals surface area contributed by atoms with Gasteiger partial charge in [-0.25, -0.2) is 9.59 Å². The van der Waals surface area contributed by atoms with Gasteiger partial charge in [0, 0.05) is 11.9 Å². The number of nitrogens with zero attached hydrogens (tertiary/aromatic N) is 2. The molecule has 9 nitrogen and oxygen atoms in total. The number of thioether (sulfide) groups is 1. The van der Waals surface area contributed by atoms with Crippen molar-refractivity contribution >= 4 is 23.7 Å². The molecule has 2 heterocycles. The van der Waals surface area contributed by atoms with Crippen molar-refractivity contribution in [2.24, 2.45) is 5.73 Å². The van der Waals surface area contributed by atoms with Crippen molar-refractivity contribution in [2.75, 3.05) is 31.2 Å². The first kappa shape index (κ1) is 16.6. The Balaban J connectivity index is 1.78. The average molecular weight is 330 g/mol. The molecule has 22 heavy (non-hydrogen) atoms. The van der Waals surface area contributed by atoms with Gasteiger partial charge in [0.2, 0.25) is 0 Å². The molecule has 0 bridgehead atoms. The molecule has 10 heteroatoms. The minimum Gasteiger partial charge on any atom is -0.434 e. The Morgan fingerprint density at radius 3 is 3.09 bits per heavy atom. The van der Waals surface area contributed by atoms with E-state index in [1.807, 2.05) is 0 Å². The van der Waals surface area contributed by atoms with Gasteiger partial charge in [-0.05, 0) is 19.0 Å². The Morgan fingerprint density at radius 1 is 1.55 bits per heavy atom. The molecule has 1 aromatic heterocycles. The zero-order valence-electron chi connectivity index (χ0n) is 11.8. The number of carbonyl (C=O) groups is 1. The van der Waals surface area contributed by atoms with Crippen molar-refractivity contribution in [2.45, 2.75) is 18.1 Å². The second kappa shape index (κ2) is 8.01. The lowest BCUT2D eigenvalue weighted by Gasteiger charge is -2.14. The largest absolute Gasteiger partial charge is 0.508 e. The summed E-state index contributed by atoms with van der Waals surface area (Å²) in [6, 6.07) is 1.52. The van der Waals surface area contributed by atoms with Crippen molar-refractivity contribution in [3.05, 3.63) is 22.7 Å². The normalized spacial score (nSPS) is 20.8. The van der Waals surface area contributed by atoms with Crippen LogP contribution in [0.4, 0.5) is 10.6 Å². The summed E-state index contributed by atoms with van der Waals surface area (Å²) < 4.78 is 16.7. The van der Waals surface area contributed by atoms with Gasteiger partial charge in [-0.1, -0.05) is 0 Å². The molecule has 4 N–H and O–H groups in total. The van der Waals surface area contributed by atoms with Gasteiger partial charge in [0.15, 0.2) is 0 Å². The average Bonchev–Trinajstić information content (AvgIpc) is 2.94. The molecule has 1 saturated heterocycles. The topological polar surface area (TPSA) is 132 Å². The number of hydrogen-bond donors (Lipinski definition) is 2. The van der Waals surface area contributed by atoms with Crippen LogP contribution in [0.1, 0.15) is 12.6 Å². The molecule has 0 aromatic carbocycles. The van der Waals surface area contributed by atoms with Crippen LogP contribution in [0.3, 0.4) is 0 Å². The molecule has 1 aliphatic rings. The highest BCUT2D eigenvalue weighted by atomic mass is 32.2. The minimum absolute atomic E-state index is 0.0414. The van der Waals surface area contributed by atoms with E-state index in [4.69, 9.17) is 25.7 Å². The van der Waals surface area contributed by atoms with E-state index in [1.165, 1.54) is 28.6 Å². The number of carbonyl (C=O) groups excluding carboxylic acids is 1.